The van der Waals surface area contributed by atoms with Crippen molar-refractivity contribution in [2.45, 2.75) is 0 Å². The van der Waals surface area contributed by atoms with Crippen molar-refractivity contribution in [2.24, 2.45) is 0 Å². The first-order valence-electron chi connectivity index (χ1n) is 27.5. The third-order valence-corrected chi connectivity index (χ3v) is 14.8. The van der Waals surface area contributed by atoms with Gasteiger partial charge >= 0.3 is 0 Å². The summed E-state index contributed by atoms with van der Waals surface area (Å²) in [5, 5.41) is 0. The minimum absolute atomic E-state index is 1.10. The highest BCUT2D eigenvalue weighted by molar-refractivity contribution is 6.07. The lowest BCUT2D eigenvalue weighted by atomic mass is 9.84. The van der Waals surface area contributed by atoms with Gasteiger partial charge in [0, 0.05) is 0 Å². The highest BCUT2D eigenvalue weighted by Crippen LogP contribution is 2.41. The molecule has 0 nitrogen and oxygen atoms in total. The largest absolute Gasteiger partial charge is 0.0622 e. The lowest BCUT2D eigenvalue weighted by Crippen LogP contribution is -1.99. The maximum Gasteiger partial charge on any atom is -0.00268 e. The Hall–Kier alpha value is -10.4. The minimum atomic E-state index is 1.10. The smallest absolute Gasteiger partial charge is 0.00268 e. The molecule has 12 aromatic carbocycles. The van der Waals surface area contributed by atoms with Gasteiger partial charge in [0.05, 0.1) is 0 Å². The van der Waals surface area contributed by atoms with Crippen molar-refractivity contribution >= 4 is 45.1 Å². The SMILES string of the molecule is C(=C(c1ccc(C(=C(c2ccccc2)c2ccccc2)c2ccccc2)cc1)c1ccc(C(=C(c2ccccc2)c2ccccc2)c2ccccc2)cc1)c1ccc(C(=C(c2ccccc2)c2ccccc2)c2ccccc2)cc1. The Morgan fingerprint density at radius 2 is 0.275 bits per heavy atom. The Morgan fingerprint density at radius 3 is 0.450 bits per heavy atom. The van der Waals surface area contributed by atoms with Crippen LogP contribution in [0.2, 0.25) is 0 Å². The Labute approximate surface area is 471 Å². The first-order chi connectivity index (χ1) is 39.7. The molecule has 0 atom stereocenters. The first kappa shape index (κ1) is 50.4. The maximum absolute atomic E-state index is 2.36. The lowest BCUT2D eigenvalue weighted by Gasteiger charge is -2.20. The molecule has 0 aromatic heterocycles. The van der Waals surface area contributed by atoms with Crippen molar-refractivity contribution in [3.05, 3.63) is 429 Å². The van der Waals surface area contributed by atoms with E-state index in [0.29, 0.717) is 0 Å². The summed E-state index contributed by atoms with van der Waals surface area (Å²) in [7, 11) is 0. The van der Waals surface area contributed by atoms with Crippen molar-refractivity contribution in [1.29, 1.82) is 0 Å². The molecular formula is C80H58. The molecule has 0 heteroatoms. The molecule has 12 aromatic rings. The van der Waals surface area contributed by atoms with Crippen LogP contribution in [0.1, 0.15) is 83.5 Å². The Balaban J connectivity index is 1.03. The maximum atomic E-state index is 2.36. The summed E-state index contributed by atoms with van der Waals surface area (Å²) in [5.41, 5.74) is 25.5. The average Bonchev–Trinajstić information content (AvgIpc) is 3.58. The zero-order valence-electron chi connectivity index (χ0n) is 44.5. The van der Waals surface area contributed by atoms with E-state index in [2.05, 4.69) is 352 Å². The van der Waals surface area contributed by atoms with Gasteiger partial charge in [-0.1, -0.05) is 346 Å². The van der Waals surface area contributed by atoms with Crippen LogP contribution in [-0.4, -0.2) is 0 Å². The third-order valence-electron chi connectivity index (χ3n) is 14.8. The van der Waals surface area contributed by atoms with Crippen molar-refractivity contribution in [3.8, 4) is 0 Å². The van der Waals surface area contributed by atoms with Crippen molar-refractivity contribution in [2.75, 3.05) is 0 Å². The molecular weight excluding hydrogens is 961 g/mol. The van der Waals surface area contributed by atoms with Crippen LogP contribution in [0.25, 0.3) is 45.1 Å². The molecule has 0 bridgehead atoms. The van der Waals surface area contributed by atoms with Gasteiger partial charge in [0.15, 0.2) is 0 Å². The second kappa shape index (κ2) is 24.3. The Bertz CT molecular complexity index is 3760. The fraction of sp³-hybridized carbons (Fsp3) is 0. The van der Waals surface area contributed by atoms with Crippen molar-refractivity contribution < 1.29 is 0 Å². The number of benzene rings is 12. The lowest BCUT2D eigenvalue weighted by molar-refractivity contribution is 1.47. The fourth-order valence-electron chi connectivity index (χ4n) is 11.1. The van der Waals surface area contributed by atoms with Crippen molar-refractivity contribution in [3.63, 3.8) is 0 Å². The van der Waals surface area contributed by atoms with Gasteiger partial charge in [0.1, 0.15) is 0 Å². The Kier molecular flexibility index (Phi) is 15.3. The summed E-state index contributed by atoms with van der Waals surface area (Å²) < 4.78 is 0. The molecule has 0 N–H and O–H groups in total. The minimum Gasteiger partial charge on any atom is -0.0622 e. The van der Waals surface area contributed by atoms with Crippen LogP contribution in [0.4, 0.5) is 0 Å². The molecule has 0 spiro atoms. The topological polar surface area (TPSA) is 0 Å². The molecule has 0 aliphatic carbocycles. The first-order valence-corrected chi connectivity index (χ1v) is 27.5. The van der Waals surface area contributed by atoms with E-state index in [0.717, 1.165) is 55.6 Å². The third kappa shape index (κ3) is 11.2. The number of hydrogen-bond donors (Lipinski definition) is 0. The zero-order valence-corrected chi connectivity index (χ0v) is 44.5. The van der Waals surface area contributed by atoms with Crippen LogP contribution in [0, 0.1) is 0 Å². The molecule has 0 saturated heterocycles. The molecule has 378 valence electrons. The van der Waals surface area contributed by atoms with Gasteiger partial charge in [-0.2, -0.15) is 0 Å². The number of hydrogen-bond acceptors (Lipinski definition) is 0. The van der Waals surface area contributed by atoms with Crippen molar-refractivity contribution in [1.82, 2.24) is 0 Å². The fourth-order valence-corrected chi connectivity index (χ4v) is 11.1. The molecule has 0 heterocycles. The van der Waals surface area contributed by atoms with Crippen LogP contribution < -0.4 is 0 Å². The molecule has 0 amide bonds. The standard InChI is InChI=1S/C80H58/c1-10-28-62(29-11-1)75(63-30-12-2-13-31-63)78(68-40-22-7-23-41-68)71-48-46-59(47-49-71)58-74(60-50-54-72(55-51-60)79(69-42-24-8-25-43-69)76(64-32-14-3-15-33-64)65-34-16-4-17-35-65)61-52-56-73(57-53-61)80(70-44-26-9-27-45-70)77(66-36-18-5-19-37-66)67-38-20-6-21-39-67/h1-58H. The zero-order chi connectivity index (χ0) is 53.7. The van der Waals surface area contributed by atoms with E-state index < -0.39 is 0 Å². The average molecular weight is 1020 g/mol. The van der Waals surface area contributed by atoms with Gasteiger partial charge in [0.2, 0.25) is 0 Å². The van der Waals surface area contributed by atoms with Gasteiger partial charge in [-0.3, -0.25) is 0 Å². The van der Waals surface area contributed by atoms with Crippen LogP contribution >= 0.6 is 0 Å². The van der Waals surface area contributed by atoms with Gasteiger partial charge in [0.25, 0.3) is 0 Å². The predicted molar refractivity (Wildman–Crippen MR) is 339 cm³/mol. The molecule has 0 aliphatic heterocycles. The molecule has 0 saturated carbocycles. The van der Waals surface area contributed by atoms with E-state index in [4.69, 9.17) is 0 Å². The molecule has 0 aliphatic rings. The van der Waals surface area contributed by atoms with Crippen LogP contribution in [0.15, 0.2) is 346 Å². The normalized spacial score (nSPS) is 10.8. The molecule has 12 rings (SSSR count). The van der Waals surface area contributed by atoms with E-state index in [9.17, 15) is 0 Å². The van der Waals surface area contributed by atoms with Gasteiger partial charge in [-0.15, -0.1) is 0 Å². The summed E-state index contributed by atoms with van der Waals surface area (Å²) in [4.78, 5) is 0. The second-order valence-electron chi connectivity index (χ2n) is 19.9. The summed E-state index contributed by atoms with van der Waals surface area (Å²) >= 11 is 0. The highest BCUT2D eigenvalue weighted by atomic mass is 14.2. The summed E-state index contributed by atoms with van der Waals surface area (Å²) in [5.74, 6) is 0. The monoisotopic (exact) mass is 1020 g/mol. The van der Waals surface area contributed by atoms with E-state index >= 15 is 0 Å². The summed E-state index contributed by atoms with van der Waals surface area (Å²) in [6.07, 6.45) is 2.36. The molecule has 80 heavy (non-hydrogen) atoms. The van der Waals surface area contributed by atoms with E-state index in [1.54, 1.807) is 0 Å². The second-order valence-corrected chi connectivity index (χ2v) is 19.9. The highest BCUT2D eigenvalue weighted by Gasteiger charge is 2.20. The van der Waals surface area contributed by atoms with Gasteiger partial charge in [-0.25, -0.2) is 0 Å². The number of rotatable bonds is 15. The van der Waals surface area contributed by atoms with Crippen LogP contribution in [0.5, 0.6) is 0 Å². The van der Waals surface area contributed by atoms with Crippen LogP contribution in [0.3, 0.4) is 0 Å². The van der Waals surface area contributed by atoms with Gasteiger partial charge < -0.3 is 0 Å². The predicted octanol–water partition coefficient (Wildman–Crippen LogP) is 20.3. The summed E-state index contributed by atoms with van der Waals surface area (Å²) in [6, 6.07) is 125. The van der Waals surface area contributed by atoms with E-state index in [1.807, 2.05) is 0 Å². The van der Waals surface area contributed by atoms with E-state index in [1.165, 1.54) is 66.8 Å². The molecule has 0 unspecified atom stereocenters. The van der Waals surface area contributed by atoms with Crippen LogP contribution in [-0.2, 0) is 0 Å². The molecule has 0 radical (unpaired) electrons. The molecule has 0 fully saturated rings. The summed E-state index contributed by atoms with van der Waals surface area (Å²) in [6.45, 7) is 0. The van der Waals surface area contributed by atoms with E-state index in [-0.39, 0.29) is 0 Å². The quantitative estimate of drug-likeness (QED) is 0.0898. The Morgan fingerprint density at radius 1 is 0.138 bits per heavy atom. The van der Waals surface area contributed by atoms with Gasteiger partial charge in [-0.05, 0) is 129 Å².